The van der Waals surface area contributed by atoms with E-state index in [9.17, 15) is 14.4 Å². The fraction of sp³-hybridized carbons (Fsp3) is 0.344. The maximum absolute atomic E-state index is 13.5. The van der Waals surface area contributed by atoms with E-state index in [0.717, 1.165) is 28.8 Å². The first-order valence-corrected chi connectivity index (χ1v) is 13.8. The standard InChI is InChI=1S/C32H35N3O5/c1-22(19-29(36)37)33-30(38)32(15-17-35(18-16-32)20-23-9-3-2-4-10-23)34-31(39)40-21-28-26-13-7-5-11-24(26)25-12-6-8-14-27(25)28/h2-14,22,28H,15-21H2,1H3,(H,33,38)(H,34,39)(H,36,37). The van der Waals surface area contributed by atoms with E-state index in [1.807, 2.05) is 42.5 Å². The highest BCUT2D eigenvalue weighted by Gasteiger charge is 2.44. The fourth-order valence-corrected chi connectivity index (χ4v) is 5.85. The quantitative estimate of drug-likeness (QED) is 0.367. The number of carboxylic acid groups (broad SMARTS) is 1. The predicted octanol–water partition coefficient (Wildman–Crippen LogP) is 4.54. The van der Waals surface area contributed by atoms with E-state index in [1.165, 1.54) is 5.56 Å². The molecule has 1 heterocycles. The number of alkyl carbamates (subject to hydrolysis) is 1. The van der Waals surface area contributed by atoms with Crippen LogP contribution in [0.15, 0.2) is 78.9 Å². The van der Waals surface area contributed by atoms with Gasteiger partial charge in [-0.25, -0.2) is 4.79 Å². The molecular weight excluding hydrogens is 506 g/mol. The van der Waals surface area contributed by atoms with Crippen LogP contribution in [0.2, 0.25) is 0 Å². The van der Waals surface area contributed by atoms with Gasteiger partial charge < -0.3 is 20.5 Å². The van der Waals surface area contributed by atoms with Crippen molar-refractivity contribution in [2.45, 2.75) is 50.2 Å². The maximum atomic E-state index is 13.5. The molecule has 1 aliphatic carbocycles. The lowest BCUT2D eigenvalue weighted by molar-refractivity contribution is -0.138. The molecule has 0 spiro atoms. The summed E-state index contributed by atoms with van der Waals surface area (Å²) >= 11 is 0. The van der Waals surface area contributed by atoms with Crippen LogP contribution in [0.25, 0.3) is 11.1 Å². The summed E-state index contributed by atoms with van der Waals surface area (Å²) in [7, 11) is 0. The van der Waals surface area contributed by atoms with Crippen LogP contribution in [-0.2, 0) is 20.9 Å². The number of ether oxygens (including phenoxy) is 1. The lowest BCUT2D eigenvalue weighted by Crippen LogP contribution is -2.64. The van der Waals surface area contributed by atoms with E-state index in [2.05, 4.69) is 51.9 Å². The first-order chi connectivity index (χ1) is 19.3. The third kappa shape index (κ3) is 6.02. The highest BCUT2D eigenvalue weighted by molar-refractivity contribution is 5.90. The molecule has 1 atom stereocenters. The van der Waals surface area contributed by atoms with Crippen LogP contribution in [0, 0.1) is 0 Å². The van der Waals surface area contributed by atoms with Gasteiger partial charge in [0.25, 0.3) is 0 Å². The Bertz CT molecular complexity index is 1320. The van der Waals surface area contributed by atoms with Crippen molar-refractivity contribution in [3.05, 3.63) is 95.6 Å². The molecule has 8 nitrogen and oxygen atoms in total. The molecule has 1 unspecified atom stereocenters. The van der Waals surface area contributed by atoms with Gasteiger partial charge in [-0.1, -0.05) is 78.9 Å². The Morgan fingerprint density at radius 2 is 1.50 bits per heavy atom. The zero-order chi connectivity index (χ0) is 28.1. The number of hydrogen-bond donors (Lipinski definition) is 3. The van der Waals surface area contributed by atoms with Gasteiger partial charge >= 0.3 is 12.1 Å². The Hall–Kier alpha value is -4.17. The van der Waals surface area contributed by atoms with Crippen molar-refractivity contribution >= 4 is 18.0 Å². The summed E-state index contributed by atoms with van der Waals surface area (Å²) in [4.78, 5) is 40.2. The Balaban J connectivity index is 1.27. The molecule has 208 valence electrons. The number of benzene rings is 3. The van der Waals surface area contributed by atoms with Gasteiger partial charge in [0.2, 0.25) is 5.91 Å². The number of likely N-dealkylation sites (tertiary alicyclic amines) is 1. The largest absolute Gasteiger partial charge is 0.481 e. The van der Waals surface area contributed by atoms with Crippen molar-refractivity contribution in [1.82, 2.24) is 15.5 Å². The number of carbonyl (C=O) groups is 3. The lowest BCUT2D eigenvalue weighted by atomic mass is 9.86. The number of nitrogens with zero attached hydrogens (tertiary/aromatic N) is 1. The summed E-state index contributed by atoms with van der Waals surface area (Å²) in [6.07, 6.45) is -0.0857. The van der Waals surface area contributed by atoms with Gasteiger partial charge in [0, 0.05) is 31.6 Å². The van der Waals surface area contributed by atoms with Crippen LogP contribution in [0.3, 0.4) is 0 Å². The number of piperidine rings is 1. The zero-order valence-corrected chi connectivity index (χ0v) is 22.6. The molecule has 1 aliphatic heterocycles. The first kappa shape index (κ1) is 27.4. The Morgan fingerprint density at radius 3 is 2.10 bits per heavy atom. The van der Waals surface area contributed by atoms with Crippen LogP contribution in [0.4, 0.5) is 4.79 Å². The number of rotatable bonds is 9. The molecule has 0 aromatic heterocycles. The summed E-state index contributed by atoms with van der Waals surface area (Å²) in [6.45, 7) is 3.74. The topological polar surface area (TPSA) is 108 Å². The van der Waals surface area contributed by atoms with Gasteiger partial charge in [-0.3, -0.25) is 14.5 Å². The molecule has 0 radical (unpaired) electrons. The van der Waals surface area contributed by atoms with Crippen LogP contribution < -0.4 is 10.6 Å². The van der Waals surface area contributed by atoms with E-state index in [0.29, 0.717) is 25.9 Å². The second-order valence-corrected chi connectivity index (χ2v) is 10.8. The molecule has 3 aromatic rings. The summed E-state index contributed by atoms with van der Waals surface area (Å²) in [5.41, 5.74) is 4.49. The minimum atomic E-state index is -1.19. The summed E-state index contributed by atoms with van der Waals surface area (Å²) in [6, 6.07) is 25.8. The SMILES string of the molecule is CC(CC(=O)O)NC(=O)C1(NC(=O)OCC2c3ccccc3-c3ccccc32)CCN(Cc2ccccc2)CC1. The molecule has 1 fully saturated rings. The molecule has 2 amide bonds. The van der Waals surface area contributed by atoms with Crippen molar-refractivity contribution < 1.29 is 24.2 Å². The number of carboxylic acids is 1. The number of hydrogen-bond acceptors (Lipinski definition) is 5. The van der Waals surface area contributed by atoms with Crippen LogP contribution in [0.1, 0.15) is 48.8 Å². The maximum Gasteiger partial charge on any atom is 0.408 e. The van der Waals surface area contributed by atoms with Crippen molar-refractivity contribution in [3.8, 4) is 11.1 Å². The van der Waals surface area contributed by atoms with Crippen molar-refractivity contribution in [2.24, 2.45) is 0 Å². The average molecular weight is 542 g/mol. The lowest BCUT2D eigenvalue weighted by Gasteiger charge is -2.41. The molecular formula is C32H35N3O5. The van der Waals surface area contributed by atoms with Crippen molar-refractivity contribution in [2.75, 3.05) is 19.7 Å². The highest BCUT2D eigenvalue weighted by Crippen LogP contribution is 2.44. The summed E-state index contributed by atoms with van der Waals surface area (Å²) in [5, 5.41) is 14.9. The number of amides is 2. The van der Waals surface area contributed by atoms with Crippen LogP contribution >= 0.6 is 0 Å². The highest BCUT2D eigenvalue weighted by atomic mass is 16.5. The van der Waals surface area contributed by atoms with E-state index < -0.39 is 23.6 Å². The van der Waals surface area contributed by atoms with Crippen molar-refractivity contribution in [3.63, 3.8) is 0 Å². The second kappa shape index (κ2) is 11.9. The molecule has 5 rings (SSSR count). The predicted molar refractivity (Wildman–Crippen MR) is 152 cm³/mol. The molecule has 2 aliphatic rings. The van der Waals surface area contributed by atoms with Crippen molar-refractivity contribution in [1.29, 1.82) is 0 Å². The normalized spacial score (nSPS) is 16.8. The first-order valence-electron chi connectivity index (χ1n) is 13.8. The Labute approximate surface area is 234 Å². The van der Waals surface area contributed by atoms with Gasteiger partial charge in [-0.15, -0.1) is 0 Å². The van der Waals surface area contributed by atoms with Gasteiger partial charge in [-0.05, 0) is 47.6 Å². The summed E-state index contributed by atoms with van der Waals surface area (Å²) in [5.74, 6) is -1.47. The van der Waals surface area contributed by atoms with Gasteiger partial charge in [-0.2, -0.15) is 0 Å². The Morgan fingerprint density at radius 1 is 0.925 bits per heavy atom. The van der Waals surface area contributed by atoms with E-state index in [-0.39, 0.29) is 24.9 Å². The smallest absolute Gasteiger partial charge is 0.408 e. The number of aliphatic carboxylic acids is 1. The molecule has 1 saturated heterocycles. The molecule has 0 saturated carbocycles. The molecule has 40 heavy (non-hydrogen) atoms. The molecule has 8 heteroatoms. The molecule has 0 bridgehead atoms. The fourth-order valence-electron chi connectivity index (χ4n) is 5.85. The average Bonchev–Trinajstić information content (AvgIpc) is 3.27. The minimum absolute atomic E-state index is 0.0914. The molecule has 3 aromatic carbocycles. The number of nitrogens with one attached hydrogen (secondary N) is 2. The van der Waals surface area contributed by atoms with Crippen LogP contribution in [-0.4, -0.2) is 59.3 Å². The van der Waals surface area contributed by atoms with Gasteiger partial charge in [0.05, 0.1) is 6.42 Å². The number of fused-ring (bicyclic) bond motifs is 3. The second-order valence-electron chi connectivity index (χ2n) is 10.8. The third-order valence-corrected chi connectivity index (χ3v) is 7.94. The zero-order valence-electron chi connectivity index (χ0n) is 22.6. The Kier molecular flexibility index (Phi) is 8.16. The monoisotopic (exact) mass is 541 g/mol. The van der Waals surface area contributed by atoms with Gasteiger partial charge in [0.1, 0.15) is 12.1 Å². The number of carbonyl (C=O) groups excluding carboxylic acids is 2. The van der Waals surface area contributed by atoms with Crippen LogP contribution in [0.5, 0.6) is 0 Å². The van der Waals surface area contributed by atoms with E-state index in [4.69, 9.17) is 9.84 Å². The van der Waals surface area contributed by atoms with Gasteiger partial charge in [0.15, 0.2) is 0 Å². The minimum Gasteiger partial charge on any atom is -0.481 e. The van der Waals surface area contributed by atoms with E-state index >= 15 is 0 Å². The molecule has 3 N–H and O–H groups in total. The van der Waals surface area contributed by atoms with E-state index in [1.54, 1.807) is 6.92 Å². The third-order valence-electron chi connectivity index (χ3n) is 7.94. The summed E-state index contributed by atoms with van der Waals surface area (Å²) < 4.78 is 5.77.